The average molecular weight is 400 g/mol. The van der Waals surface area contributed by atoms with Crippen molar-refractivity contribution in [3.8, 4) is 11.8 Å². The van der Waals surface area contributed by atoms with Gasteiger partial charge >= 0.3 is 0 Å². The fourth-order valence-electron chi connectivity index (χ4n) is 2.71. The Bertz CT molecular complexity index is 1210. The van der Waals surface area contributed by atoms with E-state index in [0.29, 0.717) is 21.2 Å². The van der Waals surface area contributed by atoms with Crippen LogP contribution in [-0.2, 0) is 0 Å². The fraction of sp³-hybridized carbons (Fsp3) is 0. The molecule has 126 valence electrons. The minimum absolute atomic E-state index is 0.0616. The zero-order chi connectivity index (χ0) is 18.8. The van der Waals surface area contributed by atoms with Gasteiger partial charge in [0.2, 0.25) is 0 Å². The number of halogens is 3. The van der Waals surface area contributed by atoms with Gasteiger partial charge in [0.05, 0.1) is 22.7 Å². The predicted octanol–water partition coefficient (Wildman–Crippen LogP) is 4.89. The summed E-state index contributed by atoms with van der Waals surface area (Å²) in [4.78, 5) is 3.28. The topological polar surface area (TPSA) is 48.4 Å². The van der Waals surface area contributed by atoms with Crippen molar-refractivity contribution < 1.29 is 5.11 Å². The molecule has 3 nitrogen and oxygen atoms in total. The first-order valence-corrected chi connectivity index (χ1v) is 8.48. The van der Waals surface area contributed by atoms with Gasteiger partial charge in [0.15, 0.2) is 5.75 Å². The summed E-state index contributed by atoms with van der Waals surface area (Å²) in [5.74, 6) is -0.172. The zero-order valence-electron chi connectivity index (χ0n) is 13.1. The second-order valence-electron chi connectivity index (χ2n) is 5.42. The van der Waals surface area contributed by atoms with Gasteiger partial charge in [-0.25, -0.2) is 10.1 Å². The van der Waals surface area contributed by atoms with E-state index >= 15 is 0 Å². The lowest BCUT2D eigenvalue weighted by molar-refractivity contribution is 0.476. The summed E-state index contributed by atoms with van der Waals surface area (Å²) in [6.07, 6.45) is 1.82. The van der Waals surface area contributed by atoms with Crippen molar-refractivity contribution in [3.05, 3.63) is 85.0 Å². The van der Waals surface area contributed by atoms with E-state index in [1.807, 2.05) is 36.4 Å². The van der Waals surface area contributed by atoms with Gasteiger partial charge in [0, 0.05) is 10.2 Å². The Labute approximate surface area is 164 Å². The Morgan fingerprint density at radius 3 is 2.23 bits per heavy atom. The van der Waals surface area contributed by atoms with Crippen LogP contribution in [0.4, 0.5) is 0 Å². The molecule has 0 saturated carbocycles. The lowest BCUT2D eigenvalue weighted by atomic mass is 10.0. The molecule has 6 heteroatoms. The number of phenols is 1. The Balaban J connectivity index is 2.45. The van der Waals surface area contributed by atoms with Gasteiger partial charge in [0.25, 0.3) is 5.70 Å². The van der Waals surface area contributed by atoms with E-state index in [4.69, 9.17) is 41.4 Å². The zero-order valence-corrected chi connectivity index (χ0v) is 15.4. The van der Waals surface area contributed by atoms with Crippen LogP contribution in [-0.4, -0.2) is 5.11 Å². The number of fused-ring (bicyclic) bond motifs is 1. The quantitative estimate of drug-likeness (QED) is 0.593. The number of nitriles is 1. The highest BCUT2D eigenvalue weighted by atomic mass is 35.5. The van der Waals surface area contributed by atoms with Crippen molar-refractivity contribution >= 4 is 57.3 Å². The number of aromatic hydroxyl groups is 1. The molecule has 0 aliphatic carbocycles. The van der Waals surface area contributed by atoms with Crippen LogP contribution in [0.3, 0.4) is 0 Å². The maximum absolute atomic E-state index is 9.70. The molecule has 3 aromatic rings. The summed E-state index contributed by atoms with van der Waals surface area (Å²) < 4.78 is 0. The third-order valence-electron chi connectivity index (χ3n) is 3.84. The molecule has 26 heavy (non-hydrogen) atoms. The number of nitrogens with zero attached hydrogens (tertiary/aromatic N) is 2. The van der Waals surface area contributed by atoms with Crippen molar-refractivity contribution in [2.45, 2.75) is 0 Å². The summed E-state index contributed by atoms with van der Waals surface area (Å²) >= 11 is 18.4. The van der Waals surface area contributed by atoms with Crippen LogP contribution < -0.4 is 10.4 Å². The van der Waals surface area contributed by atoms with Crippen molar-refractivity contribution in [2.75, 3.05) is 0 Å². The van der Waals surface area contributed by atoms with E-state index < -0.39 is 0 Å². The molecule has 0 spiro atoms. The van der Waals surface area contributed by atoms with E-state index in [9.17, 15) is 10.4 Å². The Kier molecular flexibility index (Phi) is 5.07. The van der Waals surface area contributed by atoms with Crippen LogP contribution in [0.5, 0.6) is 5.75 Å². The summed E-state index contributed by atoms with van der Waals surface area (Å²) in [6.45, 7) is 7.22. The van der Waals surface area contributed by atoms with Crippen molar-refractivity contribution in [3.63, 3.8) is 0 Å². The van der Waals surface area contributed by atoms with Crippen molar-refractivity contribution in [1.29, 1.82) is 5.26 Å². The van der Waals surface area contributed by atoms with Crippen LogP contribution in [0, 0.1) is 17.9 Å². The van der Waals surface area contributed by atoms with Crippen LogP contribution in [0.15, 0.2) is 42.5 Å². The van der Waals surface area contributed by atoms with E-state index in [0.717, 1.165) is 10.6 Å². The predicted molar refractivity (Wildman–Crippen MR) is 106 cm³/mol. The van der Waals surface area contributed by atoms with Crippen LogP contribution >= 0.6 is 34.8 Å². The number of phenolic OH excluding ortho intramolecular Hbond substituents is 1. The number of rotatable bonds is 1. The minimum atomic E-state index is -0.172. The largest absolute Gasteiger partial charge is 0.505 e. The summed E-state index contributed by atoms with van der Waals surface area (Å²) in [7, 11) is 0. The van der Waals surface area contributed by atoms with E-state index in [2.05, 4.69) is 4.85 Å². The van der Waals surface area contributed by atoms with Crippen LogP contribution in [0.25, 0.3) is 27.4 Å². The number of hydrogen-bond donors (Lipinski definition) is 1. The third kappa shape index (κ3) is 3.21. The fourth-order valence-corrected chi connectivity index (χ4v) is 3.53. The summed E-state index contributed by atoms with van der Waals surface area (Å²) in [5.41, 5.74) is 0.620. The molecular formula is C20H9Cl3N2O. The highest BCUT2D eigenvalue weighted by Gasteiger charge is 2.09. The molecule has 3 rings (SSSR count). The van der Waals surface area contributed by atoms with Crippen LogP contribution in [0.2, 0.25) is 15.1 Å². The van der Waals surface area contributed by atoms with Gasteiger partial charge < -0.3 is 5.11 Å². The van der Waals surface area contributed by atoms with Gasteiger partial charge in [-0.2, -0.15) is 0 Å². The molecule has 0 atom stereocenters. The third-order valence-corrected chi connectivity index (χ3v) is 4.72. The Hall–Kier alpha value is -2.69. The lowest BCUT2D eigenvalue weighted by Gasteiger charge is -2.05. The highest BCUT2D eigenvalue weighted by molar-refractivity contribution is 6.37. The average Bonchev–Trinajstić information content (AvgIpc) is 2.63. The smallest absolute Gasteiger partial charge is 0.271 e. The van der Waals surface area contributed by atoms with Crippen molar-refractivity contribution in [1.82, 2.24) is 0 Å². The number of benzene rings is 3. The molecule has 0 saturated heterocycles. The minimum Gasteiger partial charge on any atom is -0.505 e. The van der Waals surface area contributed by atoms with Gasteiger partial charge in [-0.1, -0.05) is 59.1 Å². The second kappa shape index (κ2) is 7.28. The SMILES string of the molecule is [C-]#[N+]/C(C#N)=c1\c(Cl)c/c(=C\c2cc(Cl)c(O)c(Cl)c2)c2ccccc12. The second-order valence-corrected chi connectivity index (χ2v) is 6.64. The molecule has 0 aliphatic rings. The van der Waals surface area contributed by atoms with Gasteiger partial charge in [-0.3, -0.25) is 0 Å². The molecule has 3 aromatic carbocycles. The highest BCUT2D eigenvalue weighted by Crippen LogP contribution is 2.32. The maximum atomic E-state index is 9.70. The molecule has 0 unspecified atom stereocenters. The van der Waals surface area contributed by atoms with Crippen molar-refractivity contribution in [2.24, 2.45) is 0 Å². The summed E-state index contributed by atoms with van der Waals surface area (Å²) in [6, 6.07) is 14.1. The normalized spacial score (nSPS) is 12.6. The first-order chi connectivity index (χ1) is 12.5. The summed E-state index contributed by atoms with van der Waals surface area (Å²) in [5, 5.41) is 22.2. The molecule has 0 fully saturated rings. The molecule has 0 bridgehead atoms. The van der Waals surface area contributed by atoms with E-state index in [1.165, 1.54) is 0 Å². The molecule has 0 aromatic heterocycles. The molecule has 1 N–H and O–H groups in total. The first kappa shape index (κ1) is 18.1. The van der Waals surface area contributed by atoms with Gasteiger partial charge in [0.1, 0.15) is 0 Å². The maximum Gasteiger partial charge on any atom is 0.271 e. The molecule has 0 aliphatic heterocycles. The van der Waals surface area contributed by atoms with E-state index in [1.54, 1.807) is 18.2 Å². The monoisotopic (exact) mass is 398 g/mol. The molecule has 0 amide bonds. The standard InChI is InChI=1S/C20H9Cl3N2O/c1-25-18(10-24)19-14-5-3-2-4-13(14)12(9-15(19)21)6-11-7-16(22)20(26)17(23)8-11/h2-9,26H/b12-6+,19-18-. The Morgan fingerprint density at radius 2 is 1.65 bits per heavy atom. The number of hydrogen-bond acceptors (Lipinski definition) is 2. The molecule has 0 heterocycles. The van der Waals surface area contributed by atoms with Gasteiger partial charge in [-0.15, -0.1) is 0 Å². The molecular weight excluding hydrogens is 391 g/mol. The van der Waals surface area contributed by atoms with Gasteiger partial charge in [-0.05, 0) is 45.8 Å². The molecule has 0 radical (unpaired) electrons. The van der Waals surface area contributed by atoms with Crippen LogP contribution in [0.1, 0.15) is 5.56 Å². The Morgan fingerprint density at radius 1 is 1.04 bits per heavy atom. The lowest BCUT2D eigenvalue weighted by Crippen LogP contribution is -2.15. The first-order valence-electron chi connectivity index (χ1n) is 7.35. The van der Waals surface area contributed by atoms with E-state index in [-0.39, 0.29) is 21.5 Å².